The first-order chi connectivity index (χ1) is 9.95. The van der Waals surface area contributed by atoms with E-state index >= 15 is 0 Å². The van der Waals surface area contributed by atoms with E-state index in [1.165, 1.54) is 6.07 Å². The van der Waals surface area contributed by atoms with Crippen molar-refractivity contribution < 1.29 is 14.6 Å². The van der Waals surface area contributed by atoms with Crippen LogP contribution < -0.4 is 9.84 Å². The summed E-state index contributed by atoms with van der Waals surface area (Å²) in [6.45, 7) is 4.00. The van der Waals surface area contributed by atoms with Crippen molar-refractivity contribution >= 4 is 29.2 Å². The Balaban J connectivity index is 2.66. The number of carbonyl (C=O) groups excluding carboxylic acids is 1. The van der Waals surface area contributed by atoms with E-state index in [4.69, 9.17) is 27.9 Å². The van der Waals surface area contributed by atoms with Gasteiger partial charge in [0.25, 0.3) is 0 Å². The minimum absolute atomic E-state index is 0.140. The van der Waals surface area contributed by atoms with Gasteiger partial charge >= 0.3 is 0 Å². The second kappa shape index (κ2) is 9.16. The molecule has 0 saturated carbocycles. The van der Waals surface area contributed by atoms with Gasteiger partial charge in [-0.1, -0.05) is 62.7 Å². The lowest BCUT2D eigenvalue weighted by Crippen LogP contribution is -2.43. The molecule has 5 heteroatoms. The fraction of sp³-hybridized carbons (Fsp3) is 0.562. The number of ether oxygens (including phenoxy) is 1. The van der Waals surface area contributed by atoms with E-state index in [1.807, 2.05) is 6.92 Å². The van der Waals surface area contributed by atoms with Crippen LogP contribution in [0.5, 0.6) is 5.75 Å². The number of hydrogen-bond acceptors (Lipinski definition) is 3. The Hall–Kier alpha value is -0.930. The van der Waals surface area contributed by atoms with E-state index in [0.717, 1.165) is 32.1 Å². The molecule has 1 aromatic rings. The summed E-state index contributed by atoms with van der Waals surface area (Å²) < 4.78 is 5.53. The van der Waals surface area contributed by atoms with Crippen LogP contribution in [0.25, 0.3) is 0 Å². The molecule has 0 aliphatic heterocycles. The van der Waals surface area contributed by atoms with E-state index < -0.39 is 12.1 Å². The third-order valence-corrected chi connectivity index (χ3v) is 3.94. The van der Waals surface area contributed by atoms with Gasteiger partial charge in [0, 0.05) is 5.02 Å². The van der Waals surface area contributed by atoms with Crippen molar-refractivity contribution in [2.45, 2.75) is 52.1 Å². The van der Waals surface area contributed by atoms with Gasteiger partial charge in [-0.25, -0.2) is 0 Å². The summed E-state index contributed by atoms with van der Waals surface area (Å²) >= 11 is 11.8. The molecular weight excluding hydrogens is 311 g/mol. The SMILES string of the molecule is CCCCCCC(C)C(Oc1ccc(Cl)cc1Cl)C(=O)[O-]. The van der Waals surface area contributed by atoms with Gasteiger partial charge < -0.3 is 14.6 Å². The Morgan fingerprint density at radius 1 is 1.29 bits per heavy atom. The largest absolute Gasteiger partial charge is 0.546 e. The quantitative estimate of drug-likeness (QED) is 0.640. The molecule has 1 rings (SSSR count). The average Bonchev–Trinajstić information content (AvgIpc) is 2.42. The van der Waals surface area contributed by atoms with Crippen LogP contribution >= 0.6 is 23.2 Å². The van der Waals surface area contributed by atoms with Gasteiger partial charge in [0.05, 0.1) is 11.0 Å². The van der Waals surface area contributed by atoms with Crippen molar-refractivity contribution in [1.29, 1.82) is 0 Å². The molecule has 3 nitrogen and oxygen atoms in total. The first kappa shape index (κ1) is 18.1. The van der Waals surface area contributed by atoms with Gasteiger partial charge in [-0.05, 0) is 30.5 Å². The van der Waals surface area contributed by atoms with Crippen LogP contribution in [0, 0.1) is 5.92 Å². The van der Waals surface area contributed by atoms with Crippen molar-refractivity contribution in [3.8, 4) is 5.75 Å². The van der Waals surface area contributed by atoms with Gasteiger partial charge in [0.15, 0.2) is 0 Å². The second-order valence-electron chi connectivity index (χ2n) is 5.26. The zero-order valence-electron chi connectivity index (χ0n) is 12.4. The topological polar surface area (TPSA) is 49.4 Å². The summed E-state index contributed by atoms with van der Waals surface area (Å²) in [5.41, 5.74) is 0. The first-order valence-corrected chi connectivity index (χ1v) is 8.03. The number of hydrogen-bond donors (Lipinski definition) is 0. The van der Waals surface area contributed by atoms with Crippen LogP contribution in [-0.4, -0.2) is 12.1 Å². The van der Waals surface area contributed by atoms with Crippen molar-refractivity contribution in [2.75, 3.05) is 0 Å². The molecule has 0 heterocycles. The monoisotopic (exact) mass is 331 g/mol. The fourth-order valence-electron chi connectivity index (χ4n) is 2.15. The molecule has 0 aliphatic carbocycles. The van der Waals surface area contributed by atoms with E-state index in [9.17, 15) is 9.90 Å². The predicted molar refractivity (Wildman–Crippen MR) is 83.8 cm³/mol. The Bertz CT molecular complexity index is 463. The van der Waals surface area contributed by atoms with E-state index in [2.05, 4.69) is 6.92 Å². The highest BCUT2D eigenvalue weighted by atomic mass is 35.5. The van der Waals surface area contributed by atoms with Crippen LogP contribution in [0.3, 0.4) is 0 Å². The van der Waals surface area contributed by atoms with Gasteiger partial charge in [-0.15, -0.1) is 0 Å². The normalized spacial score (nSPS) is 13.7. The lowest BCUT2D eigenvalue weighted by molar-refractivity contribution is -0.315. The van der Waals surface area contributed by atoms with E-state index in [0.29, 0.717) is 15.8 Å². The maximum atomic E-state index is 11.3. The van der Waals surface area contributed by atoms with Crippen LogP contribution in [0.4, 0.5) is 0 Å². The highest BCUT2D eigenvalue weighted by Crippen LogP contribution is 2.30. The maximum absolute atomic E-state index is 11.3. The lowest BCUT2D eigenvalue weighted by atomic mass is 9.97. The van der Waals surface area contributed by atoms with Gasteiger partial charge in [0.2, 0.25) is 0 Å². The molecule has 21 heavy (non-hydrogen) atoms. The van der Waals surface area contributed by atoms with E-state index in [1.54, 1.807) is 12.1 Å². The molecular formula is C16H21Cl2O3-. The number of halogens is 2. The highest BCUT2D eigenvalue weighted by Gasteiger charge is 2.21. The molecule has 0 spiro atoms. The van der Waals surface area contributed by atoms with Gasteiger partial charge in [-0.3, -0.25) is 0 Å². The molecule has 0 aliphatic rings. The summed E-state index contributed by atoms with van der Waals surface area (Å²) in [7, 11) is 0. The Morgan fingerprint density at radius 2 is 2.00 bits per heavy atom. The zero-order valence-corrected chi connectivity index (χ0v) is 13.9. The minimum Gasteiger partial charge on any atom is -0.546 e. The second-order valence-corrected chi connectivity index (χ2v) is 6.10. The smallest absolute Gasteiger partial charge is 0.141 e. The number of carboxylic acid groups (broad SMARTS) is 1. The summed E-state index contributed by atoms with van der Waals surface area (Å²) in [5, 5.41) is 12.1. The number of benzene rings is 1. The molecule has 0 saturated heterocycles. The zero-order chi connectivity index (χ0) is 15.8. The third kappa shape index (κ3) is 6.15. The maximum Gasteiger partial charge on any atom is 0.141 e. The molecule has 2 unspecified atom stereocenters. The average molecular weight is 332 g/mol. The van der Waals surface area contributed by atoms with Crippen molar-refractivity contribution in [2.24, 2.45) is 5.92 Å². The summed E-state index contributed by atoms with van der Waals surface area (Å²) in [5.74, 6) is -1.04. The summed E-state index contributed by atoms with van der Waals surface area (Å²) in [6.07, 6.45) is 4.16. The molecule has 2 atom stereocenters. The third-order valence-electron chi connectivity index (χ3n) is 3.41. The molecule has 118 valence electrons. The number of carboxylic acids is 1. The molecule has 0 amide bonds. The number of unbranched alkanes of at least 4 members (excludes halogenated alkanes) is 3. The molecule has 0 aromatic heterocycles. The summed E-state index contributed by atoms with van der Waals surface area (Å²) in [6, 6.07) is 4.71. The molecule has 0 fully saturated rings. The Morgan fingerprint density at radius 3 is 2.57 bits per heavy atom. The van der Waals surface area contributed by atoms with Crippen LogP contribution in [0.2, 0.25) is 10.0 Å². The van der Waals surface area contributed by atoms with Gasteiger partial charge in [-0.2, -0.15) is 0 Å². The van der Waals surface area contributed by atoms with Crippen molar-refractivity contribution in [3.05, 3.63) is 28.2 Å². The van der Waals surface area contributed by atoms with Crippen molar-refractivity contribution in [1.82, 2.24) is 0 Å². The molecule has 1 aromatic carbocycles. The number of carbonyl (C=O) groups is 1. The standard InChI is InChI=1S/C16H22Cl2O3/c1-3-4-5-6-7-11(2)15(16(19)20)21-14-9-8-12(17)10-13(14)18/h8-11,15H,3-7H2,1-2H3,(H,19,20)/p-1. The molecule has 0 radical (unpaired) electrons. The van der Waals surface area contributed by atoms with Crippen molar-refractivity contribution in [3.63, 3.8) is 0 Å². The van der Waals surface area contributed by atoms with Crippen LogP contribution in [0.1, 0.15) is 46.0 Å². The Labute approximate surface area is 136 Å². The minimum atomic E-state index is -1.22. The summed E-state index contributed by atoms with van der Waals surface area (Å²) in [4.78, 5) is 11.3. The molecule has 0 N–H and O–H groups in total. The first-order valence-electron chi connectivity index (χ1n) is 7.28. The van der Waals surface area contributed by atoms with Crippen LogP contribution in [-0.2, 0) is 4.79 Å². The molecule has 0 bridgehead atoms. The van der Waals surface area contributed by atoms with Crippen LogP contribution in [0.15, 0.2) is 18.2 Å². The fourth-order valence-corrected chi connectivity index (χ4v) is 2.60. The number of aliphatic carboxylic acids is 1. The highest BCUT2D eigenvalue weighted by molar-refractivity contribution is 6.35. The van der Waals surface area contributed by atoms with Gasteiger partial charge in [0.1, 0.15) is 11.9 Å². The lowest BCUT2D eigenvalue weighted by Gasteiger charge is -2.26. The van der Waals surface area contributed by atoms with E-state index in [-0.39, 0.29) is 5.92 Å². The number of rotatable bonds is 9. The predicted octanol–water partition coefficient (Wildman–Crippen LogP) is 4.10. The Kier molecular flexibility index (Phi) is 7.91.